The van der Waals surface area contributed by atoms with Crippen LogP contribution in [0.1, 0.15) is 19.3 Å². The van der Waals surface area contributed by atoms with Crippen LogP contribution in [0.4, 0.5) is 0 Å². The standard InChI is InChI=1S/C9H16N2O2S/c12-9-8(6-13-11-9)10-7-2-1-4-14-5-3-7/h7-8,10H,1-6H2,(H,11,12). The maximum Gasteiger partial charge on any atom is 0.263 e. The number of rotatable bonds is 2. The molecule has 0 radical (unpaired) electrons. The minimum Gasteiger partial charge on any atom is -0.301 e. The van der Waals surface area contributed by atoms with E-state index < -0.39 is 0 Å². The fourth-order valence-electron chi connectivity index (χ4n) is 1.82. The number of nitrogens with one attached hydrogen (secondary N) is 2. The Balaban J connectivity index is 1.80. The van der Waals surface area contributed by atoms with Crippen LogP contribution in [0.25, 0.3) is 0 Å². The molecule has 0 bridgehead atoms. The first-order valence-electron chi connectivity index (χ1n) is 5.12. The molecular weight excluding hydrogens is 200 g/mol. The summed E-state index contributed by atoms with van der Waals surface area (Å²) >= 11 is 2.01. The molecule has 0 aromatic rings. The van der Waals surface area contributed by atoms with Crippen molar-refractivity contribution in [3.05, 3.63) is 0 Å². The van der Waals surface area contributed by atoms with Crippen molar-refractivity contribution in [2.75, 3.05) is 18.1 Å². The lowest BCUT2D eigenvalue weighted by Crippen LogP contribution is -2.44. The van der Waals surface area contributed by atoms with Gasteiger partial charge in [0.2, 0.25) is 0 Å². The average molecular weight is 216 g/mol. The second kappa shape index (κ2) is 5.00. The number of carbonyl (C=O) groups is 1. The maximum atomic E-state index is 11.2. The van der Waals surface area contributed by atoms with Gasteiger partial charge >= 0.3 is 0 Å². The van der Waals surface area contributed by atoms with Gasteiger partial charge in [-0.05, 0) is 30.8 Å². The zero-order valence-electron chi connectivity index (χ0n) is 8.12. The van der Waals surface area contributed by atoms with E-state index in [0.29, 0.717) is 12.6 Å². The Morgan fingerprint density at radius 1 is 1.43 bits per heavy atom. The molecule has 2 heterocycles. The Morgan fingerprint density at radius 2 is 2.36 bits per heavy atom. The molecule has 0 aromatic heterocycles. The molecule has 2 fully saturated rings. The van der Waals surface area contributed by atoms with E-state index in [4.69, 9.17) is 4.84 Å². The monoisotopic (exact) mass is 216 g/mol. The van der Waals surface area contributed by atoms with E-state index in [1.54, 1.807) is 0 Å². The van der Waals surface area contributed by atoms with Gasteiger partial charge in [0.25, 0.3) is 5.91 Å². The zero-order valence-corrected chi connectivity index (χ0v) is 8.94. The van der Waals surface area contributed by atoms with E-state index in [0.717, 1.165) is 6.42 Å². The smallest absolute Gasteiger partial charge is 0.263 e. The van der Waals surface area contributed by atoms with Crippen molar-refractivity contribution in [2.45, 2.75) is 31.3 Å². The van der Waals surface area contributed by atoms with Crippen molar-refractivity contribution in [3.63, 3.8) is 0 Å². The number of hydrogen-bond donors (Lipinski definition) is 2. The van der Waals surface area contributed by atoms with Crippen LogP contribution in [0.5, 0.6) is 0 Å². The number of amides is 1. The predicted octanol–water partition coefficient (Wildman–Crippen LogP) is 0.292. The lowest BCUT2D eigenvalue weighted by Gasteiger charge is -2.18. The minimum atomic E-state index is -0.136. The van der Waals surface area contributed by atoms with Gasteiger partial charge in [-0.1, -0.05) is 0 Å². The highest BCUT2D eigenvalue weighted by atomic mass is 32.2. The van der Waals surface area contributed by atoms with Crippen molar-refractivity contribution in [1.29, 1.82) is 0 Å². The quantitative estimate of drug-likeness (QED) is 0.696. The van der Waals surface area contributed by atoms with Crippen LogP contribution < -0.4 is 10.8 Å². The van der Waals surface area contributed by atoms with E-state index in [-0.39, 0.29) is 11.9 Å². The van der Waals surface area contributed by atoms with Crippen molar-refractivity contribution in [1.82, 2.24) is 10.8 Å². The van der Waals surface area contributed by atoms with Gasteiger partial charge in [-0.2, -0.15) is 11.8 Å². The second-order valence-corrected chi connectivity index (χ2v) is 4.96. The summed E-state index contributed by atoms with van der Waals surface area (Å²) in [6.07, 6.45) is 3.59. The summed E-state index contributed by atoms with van der Waals surface area (Å²) in [4.78, 5) is 16.1. The van der Waals surface area contributed by atoms with Gasteiger partial charge < -0.3 is 5.32 Å². The highest BCUT2D eigenvalue weighted by Gasteiger charge is 2.27. The lowest BCUT2D eigenvalue weighted by molar-refractivity contribution is -0.125. The molecule has 0 aliphatic carbocycles. The van der Waals surface area contributed by atoms with Gasteiger partial charge in [-0.25, -0.2) is 5.48 Å². The third kappa shape index (κ3) is 2.62. The van der Waals surface area contributed by atoms with Crippen LogP contribution in [-0.2, 0) is 9.63 Å². The summed E-state index contributed by atoms with van der Waals surface area (Å²) in [7, 11) is 0. The molecule has 2 N–H and O–H groups in total. The molecule has 0 spiro atoms. The third-order valence-corrected chi connectivity index (χ3v) is 3.73. The van der Waals surface area contributed by atoms with Gasteiger partial charge in [-0.3, -0.25) is 9.63 Å². The van der Waals surface area contributed by atoms with Gasteiger partial charge in [0.15, 0.2) is 0 Å². The van der Waals surface area contributed by atoms with Crippen LogP contribution in [0.15, 0.2) is 0 Å². The number of hydrogen-bond acceptors (Lipinski definition) is 4. The Hall–Kier alpha value is -0.260. The van der Waals surface area contributed by atoms with E-state index in [9.17, 15) is 4.79 Å². The van der Waals surface area contributed by atoms with Crippen LogP contribution in [-0.4, -0.2) is 36.1 Å². The lowest BCUT2D eigenvalue weighted by atomic mass is 10.1. The third-order valence-electron chi connectivity index (χ3n) is 2.63. The summed E-state index contributed by atoms with van der Waals surface area (Å²) < 4.78 is 0. The SMILES string of the molecule is O=C1NOCC1NC1CCCSCC1. The Morgan fingerprint density at radius 3 is 3.14 bits per heavy atom. The molecule has 4 nitrogen and oxygen atoms in total. The van der Waals surface area contributed by atoms with E-state index in [1.165, 1.54) is 24.3 Å². The zero-order chi connectivity index (χ0) is 9.80. The molecule has 0 saturated carbocycles. The van der Waals surface area contributed by atoms with Crippen LogP contribution in [0.2, 0.25) is 0 Å². The Kier molecular flexibility index (Phi) is 3.67. The predicted molar refractivity (Wildman–Crippen MR) is 56.0 cm³/mol. The first kappa shape index (κ1) is 10.3. The van der Waals surface area contributed by atoms with Gasteiger partial charge in [0, 0.05) is 6.04 Å². The first-order chi connectivity index (χ1) is 6.86. The molecule has 2 aliphatic rings. The first-order valence-corrected chi connectivity index (χ1v) is 6.27. The second-order valence-electron chi connectivity index (χ2n) is 3.74. The van der Waals surface area contributed by atoms with E-state index in [2.05, 4.69) is 10.8 Å². The summed E-state index contributed by atoms with van der Waals surface area (Å²) in [5.41, 5.74) is 2.37. The van der Waals surface area contributed by atoms with Gasteiger partial charge in [0.05, 0.1) is 6.61 Å². The van der Waals surface area contributed by atoms with E-state index >= 15 is 0 Å². The topological polar surface area (TPSA) is 50.4 Å². The molecule has 80 valence electrons. The summed E-state index contributed by atoms with van der Waals surface area (Å²) in [6.45, 7) is 0.461. The molecule has 2 aliphatic heterocycles. The fraction of sp³-hybridized carbons (Fsp3) is 0.889. The number of thioether (sulfide) groups is 1. The molecule has 1 amide bonds. The van der Waals surface area contributed by atoms with Crippen molar-refractivity contribution in [2.24, 2.45) is 0 Å². The van der Waals surface area contributed by atoms with E-state index in [1.807, 2.05) is 11.8 Å². The van der Waals surface area contributed by atoms with Crippen molar-refractivity contribution < 1.29 is 9.63 Å². The maximum absolute atomic E-state index is 11.2. The largest absolute Gasteiger partial charge is 0.301 e. The molecule has 14 heavy (non-hydrogen) atoms. The van der Waals surface area contributed by atoms with Gasteiger partial charge in [0.1, 0.15) is 6.04 Å². The van der Waals surface area contributed by atoms with Crippen LogP contribution in [0.3, 0.4) is 0 Å². The van der Waals surface area contributed by atoms with Crippen LogP contribution in [0, 0.1) is 0 Å². The van der Waals surface area contributed by atoms with Gasteiger partial charge in [-0.15, -0.1) is 0 Å². The van der Waals surface area contributed by atoms with Crippen molar-refractivity contribution >= 4 is 17.7 Å². The Labute approximate surface area is 88.1 Å². The molecule has 2 unspecified atom stereocenters. The molecule has 2 atom stereocenters. The molecule has 2 rings (SSSR count). The Bertz CT molecular complexity index is 205. The summed E-state index contributed by atoms with van der Waals surface area (Å²) in [5, 5.41) is 3.36. The molecule has 5 heteroatoms. The molecule has 2 saturated heterocycles. The summed E-state index contributed by atoms with van der Waals surface area (Å²) in [6, 6.07) is 0.352. The fourth-order valence-corrected chi connectivity index (χ4v) is 2.85. The highest BCUT2D eigenvalue weighted by molar-refractivity contribution is 7.99. The molecular formula is C9H16N2O2S. The summed E-state index contributed by atoms with van der Waals surface area (Å²) in [5.74, 6) is 2.43. The highest BCUT2D eigenvalue weighted by Crippen LogP contribution is 2.17. The number of carbonyl (C=O) groups excluding carboxylic acids is 1. The normalized spacial score (nSPS) is 33.9. The molecule has 0 aromatic carbocycles. The minimum absolute atomic E-state index is 0.0260. The van der Waals surface area contributed by atoms with Crippen molar-refractivity contribution in [3.8, 4) is 0 Å². The number of hydroxylamine groups is 1. The average Bonchev–Trinajstić information content (AvgIpc) is 2.44. The van der Waals surface area contributed by atoms with Crippen LogP contribution >= 0.6 is 11.8 Å².